The van der Waals surface area contributed by atoms with Crippen molar-refractivity contribution in [1.29, 1.82) is 0 Å². The normalized spacial score (nSPS) is 11.9. The fourth-order valence-corrected chi connectivity index (χ4v) is 6.22. The Morgan fingerprint density at radius 3 is 2.20 bits per heavy atom. The third kappa shape index (κ3) is 9.45. The number of amides is 1. The summed E-state index contributed by atoms with van der Waals surface area (Å²) in [4.78, 5) is 30.4. The fraction of sp³-hybridized carbons (Fsp3) is 0.250. The number of fused-ring (bicyclic) bond motifs is 1. The lowest BCUT2D eigenvalue weighted by Gasteiger charge is -2.24. The molecule has 0 aliphatic heterocycles. The van der Waals surface area contributed by atoms with Crippen LogP contribution in [0.2, 0.25) is 20.1 Å². The maximum absolute atomic E-state index is 12.1. The lowest BCUT2D eigenvalue weighted by atomic mass is 10.0. The highest BCUT2D eigenvalue weighted by Crippen LogP contribution is 2.32. The van der Waals surface area contributed by atoms with Crippen LogP contribution in [0.15, 0.2) is 78.9 Å². The summed E-state index contributed by atoms with van der Waals surface area (Å²) in [5, 5.41) is 14.9. The number of aliphatic hydroxyl groups excluding tert-OH is 1. The van der Waals surface area contributed by atoms with Crippen molar-refractivity contribution in [2.24, 2.45) is 5.73 Å². The standard InChI is InChI=1S/C36H35Cl4N5O4/c1-22(47)49-15-13-44(12-14-46)27-7-4-25(5-8-27)36-43-33-18-26(6-11-34(33)45(36)21-24-3-10-29(38)31(40)17-24)32(19-35(41)48)42-20-23-2-9-28(37)30(39)16-23/h2-11,16-18,32,42,46H,12-15,19-21H2,1H3,(H2,41,48). The predicted molar refractivity (Wildman–Crippen MR) is 197 cm³/mol. The molecule has 0 bridgehead atoms. The first-order chi connectivity index (χ1) is 23.5. The van der Waals surface area contributed by atoms with Crippen LogP contribution in [-0.4, -0.2) is 52.8 Å². The average Bonchev–Trinajstić information content (AvgIpc) is 3.43. The highest BCUT2D eigenvalue weighted by molar-refractivity contribution is 6.42. The van der Waals surface area contributed by atoms with Gasteiger partial charge in [-0.25, -0.2) is 4.98 Å². The second kappa shape index (κ2) is 16.7. The highest BCUT2D eigenvalue weighted by atomic mass is 35.5. The first-order valence-corrected chi connectivity index (χ1v) is 17.0. The molecule has 5 aromatic rings. The topological polar surface area (TPSA) is 123 Å². The quantitative estimate of drug-likeness (QED) is 0.0954. The first-order valence-electron chi connectivity index (χ1n) is 15.5. The van der Waals surface area contributed by atoms with Crippen molar-refractivity contribution in [3.63, 3.8) is 0 Å². The number of rotatable bonds is 15. The van der Waals surface area contributed by atoms with Crippen LogP contribution in [0.5, 0.6) is 0 Å². The predicted octanol–water partition coefficient (Wildman–Crippen LogP) is 7.43. The second-order valence-corrected chi connectivity index (χ2v) is 13.1. The second-order valence-electron chi connectivity index (χ2n) is 11.5. The van der Waals surface area contributed by atoms with Gasteiger partial charge < -0.3 is 30.4 Å². The lowest BCUT2D eigenvalue weighted by Crippen LogP contribution is -2.30. The molecule has 4 aromatic carbocycles. The van der Waals surface area contributed by atoms with E-state index in [0.29, 0.717) is 52.1 Å². The number of esters is 1. The number of hydrogen-bond acceptors (Lipinski definition) is 7. The van der Waals surface area contributed by atoms with Crippen LogP contribution < -0.4 is 16.0 Å². The molecule has 0 aliphatic rings. The third-order valence-electron chi connectivity index (χ3n) is 7.97. The van der Waals surface area contributed by atoms with E-state index in [1.807, 2.05) is 65.6 Å². The van der Waals surface area contributed by atoms with Crippen molar-refractivity contribution in [1.82, 2.24) is 14.9 Å². The molecule has 0 spiro atoms. The number of aliphatic hydroxyl groups is 1. The van der Waals surface area contributed by atoms with E-state index in [2.05, 4.69) is 9.88 Å². The van der Waals surface area contributed by atoms with Gasteiger partial charge in [0.1, 0.15) is 12.4 Å². The Hall–Kier alpha value is -3.83. The minimum absolute atomic E-state index is 0.0529. The van der Waals surface area contributed by atoms with Crippen LogP contribution in [0.4, 0.5) is 5.69 Å². The monoisotopic (exact) mass is 741 g/mol. The average molecular weight is 744 g/mol. The van der Waals surface area contributed by atoms with E-state index in [9.17, 15) is 14.7 Å². The van der Waals surface area contributed by atoms with Crippen LogP contribution in [0.3, 0.4) is 0 Å². The minimum Gasteiger partial charge on any atom is -0.464 e. The van der Waals surface area contributed by atoms with Crippen molar-refractivity contribution in [2.45, 2.75) is 32.5 Å². The van der Waals surface area contributed by atoms with Crippen LogP contribution in [0.25, 0.3) is 22.4 Å². The molecule has 1 unspecified atom stereocenters. The molecule has 9 nitrogen and oxygen atoms in total. The van der Waals surface area contributed by atoms with Crippen molar-refractivity contribution in [2.75, 3.05) is 31.2 Å². The molecule has 5 rings (SSSR count). The molecule has 1 amide bonds. The van der Waals surface area contributed by atoms with Crippen molar-refractivity contribution in [3.05, 3.63) is 116 Å². The minimum atomic E-state index is -0.444. The number of aromatic nitrogens is 2. The molecule has 1 aromatic heterocycles. The maximum atomic E-state index is 12.1. The van der Waals surface area contributed by atoms with Crippen molar-refractivity contribution >= 4 is 75.0 Å². The summed E-state index contributed by atoms with van der Waals surface area (Å²) in [5.74, 6) is -0.0825. The highest BCUT2D eigenvalue weighted by Gasteiger charge is 2.19. The third-order valence-corrected chi connectivity index (χ3v) is 9.45. The van der Waals surface area contributed by atoms with E-state index in [-0.39, 0.29) is 31.6 Å². The Bertz CT molecular complexity index is 1950. The summed E-state index contributed by atoms with van der Waals surface area (Å²) in [7, 11) is 0. The number of primary amides is 1. The molecular weight excluding hydrogens is 708 g/mol. The number of ether oxygens (including phenoxy) is 1. The fourth-order valence-electron chi connectivity index (χ4n) is 5.58. The number of carbonyl (C=O) groups is 2. The summed E-state index contributed by atoms with van der Waals surface area (Å²) >= 11 is 24.9. The summed E-state index contributed by atoms with van der Waals surface area (Å²) in [6, 6.07) is 24.3. The van der Waals surface area contributed by atoms with Crippen LogP contribution in [-0.2, 0) is 27.4 Å². The number of halogens is 4. The molecule has 0 fully saturated rings. The van der Waals surface area contributed by atoms with Gasteiger partial charge in [0.25, 0.3) is 0 Å². The number of nitrogens with one attached hydrogen (secondary N) is 1. The van der Waals surface area contributed by atoms with E-state index in [1.54, 1.807) is 18.2 Å². The Kier molecular flexibility index (Phi) is 12.4. The van der Waals surface area contributed by atoms with Gasteiger partial charge in [-0.1, -0.05) is 64.6 Å². The largest absolute Gasteiger partial charge is 0.464 e. The molecule has 0 saturated carbocycles. The number of nitrogens with zero attached hydrogens (tertiary/aromatic N) is 3. The molecule has 0 aliphatic carbocycles. The van der Waals surface area contributed by atoms with E-state index in [1.165, 1.54) is 6.92 Å². The van der Waals surface area contributed by atoms with Crippen molar-refractivity contribution < 1.29 is 19.4 Å². The maximum Gasteiger partial charge on any atom is 0.302 e. The van der Waals surface area contributed by atoms with Crippen molar-refractivity contribution in [3.8, 4) is 11.4 Å². The lowest BCUT2D eigenvalue weighted by molar-refractivity contribution is -0.140. The summed E-state index contributed by atoms with van der Waals surface area (Å²) in [6.07, 6.45) is 0.0763. The number of hydrogen-bond donors (Lipinski definition) is 3. The molecular formula is C36H35Cl4N5O4. The Balaban J connectivity index is 1.51. The van der Waals surface area contributed by atoms with Gasteiger partial charge >= 0.3 is 5.97 Å². The van der Waals surface area contributed by atoms with Gasteiger partial charge in [-0.2, -0.15) is 0 Å². The van der Waals surface area contributed by atoms with E-state index >= 15 is 0 Å². The van der Waals surface area contributed by atoms with Gasteiger partial charge in [-0.05, 0) is 77.4 Å². The first kappa shape index (κ1) is 36.5. The van der Waals surface area contributed by atoms with Gasteiger partial charge in [0.05, 0.1) is 44.3 Å². The number of nitrogens with two attached hydrogens (primary N) is 1. The van der Waals surface area contributed by atoms with Gasteiger partial charge in [0, 0.05) is 50.3 Å². The molecule has 1 heterocycles. The number of imidazole rings is 1. The Morgan fingerprint density at radius 1 is 0.898 bits per heavy atom. The van der Waals surface area contributed by atoms with E-state index < -0.39 is 5.91 Å². The smallest absolute Gasteiger partial charge is 0.302 e. The zero-order valence-electron chi connectivity index (χ0n) is 26.6. The van der Waals surface area contributed by atoms with Gasteiger partial charge in [0.2, 0.25) is 5.91 Å². The Morgan fingerprint density at radius 2 is 1.57 bits per heavy atom. The number of carbonyl (C=O) groups excluding carboxylic acids is 2. The number of anilines is 1. The molecule has 49 heavy (non-hydrogen) atoms. The van der Waals surface area contributed by atoms with Crippen LogP contribution in [0.1, 0.15) is 36.1 Å². The zero-order valence-corrected chi connectivity index (χ0v) is 29.7. The van der Waals surface area contributed by atoms with Crippen LogP contribution >= 0.6 is 46.4 Å². The molecule has 0 saturated heterocycles. The Labute approximate surface area is 304 Å². The molecule has 256 valence electrons. The van der Waals surface area contributed by atoms with Gasteiger partial charge in [0.15, 0.2) is 0 Å². The molecule has 1 atom stereocenters. The van der Waals surface area contributed by atoms with Gasteiger partial charge in [-0.15, -0.1) is 0 Å². The summed E-state index contributed by atoms with van der Waals surface area (Å²) in [5.41, 5.74) is 11.7. The summed E-state index contributed by atoms with van der Waals surface area (Å²) < 4.78 is 7.22. The SMILES string of the molecule is CC(=O)OCCN(CCO)c1ccc(-c2nc3cc(C(CC(N)=O)NCc4ccc(Cl)c(Cl)c4)ccc3n2Cc2ccc(Cl)c(Cl)c2)cc1. The van der Waals surface area contributed by atoms with Gasteiger partial charge in [-0.3, -0.25) is 9.59 Å². The van der Waals surface area contributed by atoms with E-state index in [0.717, 1.165) is 39.0 Å². The molecule has 13 heteroatoms. The number of benzene rings is 4. The zero-order chi connectivity index (χ0) is 35.1. The molecule has 4 N–H and O–H groups in total. The van der Waals surface area contributed by atoms with Crippen LogP contribution in [0, 0.1) is 0 Å². The molecule has 0 radical (unpaired) electrons. The van der Waals surface area contributed by atoms with E-state index in [4.69, 9.17) is 61.9 Å². The summed E-state index contributed by atoms with van der Waals surface area (Å²) in [6.45, 7) is 3.23.